The lowest BCUT2D eigenvalue weighted by Crippen LogP contribution is -2.45. The Kier molecular flexibility index (Phi) is 4.16. The molecule has 2 aliphatic heterocycles. The number of nitrogens with zero attached hydrogens (tertiary/aromatic N) is 2. The normalized spacial score (nSPS) is 15.7. The minimum atomic E-state index is -0.299. The Balaban J connectivity index is 1.33. The van der Waals surface area contributed by atoms with Crippen LogP contribution in [0.15, 0.2) is 48.5 Å². The van der Waals surface area contributed by atoms with Gasteiger partial charge in [-0.25, -0.2) is 4.79 Å². The Labute approximate surface area is 151 Å². The highest BCUT2D eigenvalue weighted by Crippen LogP contribution is 2.22. The Morgan fingerprint density at radius 2 is 1.54 bits per heavy atom. The SMILES string of the molecule is O=C(NCCN1C(=O)c2ccccc2C1=O)N1CCc2ccccc2C1. The van der Waals surface area contributed by atoms with Crippen molar-refractivity contribution in [2.24, 2.45) is 0 Å². The first-order chi connectivity index (χ1) is 12.6. The molecule has 4 amide bonds. The van der Waals surface area contributed by atoms with Crippen LogP contribution < -0.4 is 5.32 Å². The number of fused-ring (bicyclic) bond motifs is 2. The Bertz CT molecular complexity index is 858. The van der Waals surface area contributed by atoms with Crippen LogP contribution in [0.1, 0.15) is 31.8 Å². The van der Waals surface area contributed by atoms with Crippen LogP contribution >= 0.6 is 0 Å². The topological polar surface area (TPSA) is 69.7 Å². The second-order valence-corrected chi connectivity index (χ2v) is 6.48. The molecule has 2 aliphatic rings. The minimum Gasteiger partial charge on any atom is -0.336 e. The zero-order chi connectivity index (χ0) is 18.1. The first kappa shape index (κ1) is 16.3. The largest absolute Gasteiger partial charge is 0.336 e. The lowest BCUT2D eigenvalue weighted by atomic mass is 10.0. The summed E-state index contributed by atoms with van der Waals surface area (Å²) in [5, 5.41) is 2.82. The fraction of sp³-hybridized carbons (Fsp3) is 0.250. The first-order valence-corrected chi connectivity index (χ1v) is 8.70. The summed E-state index contributed by atoms with van der Waals surface area (Å²) in [5.41, 5.74) is 3.30. The number of imide groups is 1. The van der Waals surface area contributed by atoms with E-state index in [1.165, 1.54) is 10.5 Å². The quantitative estimate of drug-likeness (QED) is 0.862. The molecule has 4 rings (SSSR count). The summed E-state index contributed by atoms with van der Waals surface area (Å²) >= 11 is 0. The number of carbonyl (C=O) groups excluding carboxylic acids is 3. The molecule has 2 aromatic carbocycles. The summed E-state index contributed by atoms with van der Waals surface area (Å²) in [5.74, 6) is -0.599. The maximum absolute atomic E-state index is 12.4. The second kappa shape index (κ2) is 6.63. The monoisotopic (exact) mass is 349 g/mol. The molecule has 0 saturated heterocycles. The van der Waals surface area contributed by atoms with Gasteiger partial charge < -0.3 is 10.2 Å². The third-order valence-electron chi connectivity index (χ3n) is 4.91. The van der Waals surface area contributed by atoms with Crippen molar-refractivity contribution >= 4 is 17.8 Å². The molecule has 0 radical (unpaired) electrons. The van der Waals surface area contributed by atoms with Crippen molar-refractivity contribution in [1.29, 1.82) is 0 Å². The Morgan fingerprint density at radius 3 is 2.23 bits per heavy atom. The standard InChI is InChI=1S/C20H19N3O3/c24-18-16-7-3-4-8-17(16)19(25)23(18)12-10-21-20(26)22-11-9-14-5-1-2-6-15(14)13-22/h1-8H,9-13H2,(H,21,26). The number of amides is 4. The molecule has 0 fully saturated rings. The molecule has 26 heavy (non-hydrogen) atoms. The van der Waals surface area contributed by atoms with E-state index in [2.05, 4.69) is 11.4 Å². The average Bonchev–Trinajstić information content (AvgIpc) is 2.92. The van der Waals surface area contributed by atoms with Crippen molar-refractivity contribution in [1.82, 2.24) is 15.1 Å². The summed E-state index contributed by atoms with van der Waals surface area (Å²) < 4.78 is 0. The number of nitrogens with one attached hydrogen (secondary N) is 1. The number of urea groups is 1. The molecule has 1 N–H and O–H groups in total. The van der Waals surface area contributed by atoms with Gasteiger partial charge in [0.05, 0.1) is 11.1 Å². The third-order valence-corrected chi connectivity index (χ3v) is 4.91. The molecule has 2 aromatic rings. The Hall–Kier alpha value is -3.15. The Morgan fingerprint density at radius 1 is 0.923 bits per heavy atom. The minimum absolute atomic E-state index is 0.169. The number of hydrogen-bond donors (Lipinski definition) is 1. The molecule has 0 aliphatic carbocycles. The molecule has 132 valence electrons. The molecule has 6 heteroatoms. The predicted molar refractivity (Wildman–Crippen MR) is 95.8 cm³/mol. The average molecular weight is 349 g/mol. The summed E-state index contributed by atoms with van der Waals surface area (Å²) in [7, 11) is 0. The summed E-state index contributed by atoms with van der Waals surface area (Å²) in [6.45, 7) is 1.65. The van der Waals surface area contributed by atoms with Crippen molar-refractivity contribution < 1.29 is 14.4 Å². The van der Waals surface area contributed by atoms with E-state index in [1.54, 1.807) is 29.2 Å². The first-order valence-electron chi connectivity index (χ1n) is 8.70. The molecule has 0 saturated carbocycles. The number of hydrogen-bond acceptors (Lipinski definition) is 3. The van der Waals surface area contributed by atoms with E-state index < -0.39 is 0 Å². The molecule has 0 bridgehead atoms. The summed E-state index contributed by atoms with van der Waals surface area (Å²) in [6.07, 6.45) is 0.835. The maximum Gasteiger partial charge on any atom is 0.317 e. The molecule has 6 nitrogen and oxygen atoms in total. The fourth-order valence-corrected chi connectivity index (χ4v) is 3.50. The third kappa shape index (κ3) is 2.83. The van der Waals surface area contributed by atoms with Crippen LogP contribution in [0.3, 0.4) is 0 Å². The smallest absolute Gasteiger partial charge is 0.317 e. The van der Waals surface area contributed by atoms with Crippen molar-refractivity contribution in [3.05, 3.63) is 70.8 Å². The van der Waals surface area contributed by atoms with Gasteiger partial charge in [-0.15, -0.1) is 0 Å². The van der Waals surface area contributed by atoms with Gasteiger partial charge in [0.25, 0.3) is 11.8 Å². The van der Waals surface area contributed by atoms with Gasteiger partial charge in [0.15, 0.2) is 0 Å². The molecule has 2 heterocycles. The van der Waals surface area contributed by atoms with Gasteiger partial charge in [-0.05, 0) is 29.7 Å². The van der Waals surface area contributed by atoms with E-state index in [9.17, 15) is 14.4 Å². The van der Waals surface area contributed by atoms with Crippen LogP contribution in [0.5, 0.6) is 0 Å². The second-order valence-electron chi connectivity index (χ2n) is 6.48. The molecule has 0 unspecified atom stereocenters. The van der Waals surface area contributed by atoms with E-state index in [-0.39, 0.29) is 30.9 Å². The van der Waals surface area contributed by atoms with Gasteiger partial charge in [0, 0.05) is 26.2 Å². The molecular formula is C20H19N3O3. The highest BCUT2D eigenvalue weighted by atomic mass is 16.2. The molecule has 0 aromatic heterocycles. The zero-order valence-electron chi connectivity index (χ0n) is 14.3. The van der Waals surface area contributed by atoms with E-state index >= 15 is 0 Å². The highest BCUT2D eigenvalue weighted by Gasteiger charge is 2.34. The van der Waals surface area contributed by atoms with Crippen LogP contribution in [-0.2, 0) is 13.0 Å². The number of carbonyl (C=O) groups is 3. The van der Waals surface area contributed by atoms with Crippen LogP contribution in [-0.4, -0.2) is 47.3 Å². The predicted octanol–water partition coefficient (Wildman–Crippen LogP) is 2.05. The van der Waals surface area contributed by atoms with Crippen LogP contribution in [0.2, 0.25) is 0 Å². The molecular weight excluding hydrogens is 330 g/mol. The lowest BCUT2D eigenvalue weighted by molar-refractivity contribution is 0.0655. The molecule has 0 spiro atoms. The number of rotatable bonds is 3. The van der Waals surface area contributed by atoms with Crippen molar-refractivity contribution in [3.8, 4) is 0 Å². The van der Waals surface area contributed by atoms with Gasteiger partial charge in [-0.2, -0.15) is 0 Å². The van der Waals surface area contributed by atoms with Gasteiger partial charge in [0.2, 0.25) is 0 Å². The summed E-state index contributed by atoms with van der Waals surface area (Å²) in [6, 6.07) is 14.7. The van der Waals surface area contributed by atoms with Crippen molar-refractivity contribution in [3.63, 3.8) is 0 Å². The van der Waals surface area contributed by atoms with E-state index in [0.29, 0.717) is 24.2 Å². The van der Waals surface area contributed by atoms with Gasteiger partial charge in [0.1, 0.15) is 0 Å². The van der Waals surface area contributed by atoms with Gasteiger partial charge in [-0.1, -0.05) is 36.4 Å². The summed E-state index contributed by atoms with van der Waals surface area (Å²) in [4.78, 5) is 39.9. The van der Waals surface area contributed by atoms with Crippen molar-refractivity contribution in [2.75, 3.05) is 19.6 Å². The lowest BCUT2D eigenvalue weighted by Gasteiger charge is -2.29. The van der Waals surface area contributed by atoms with Gasteiger partial charge >= 0.3 is 6.03 Å². The molecule has 0 atom stereocenters. The van der Waals surface area contributed by atoms with Crippen LogP contribution in [0.25, 0.3) is 0 Å². The van der Waals surface area contributed by atoms with E-state index in [1.807, 2.05) is 18.2 Å². The van der Waals surface area contributed by atoms with E-state index in [0.717, 1.165) is 12.0 Å². The highest BCUT2D eigenvalue weighted by molar-refractivity contribution is 6.21. The maximum atomic E-state index is 12.4. The van der Waals surface area contributed by atoms with Gasteiger partial charge in [-0.3, -0.25) is 14.5 Å². The fourth-order valence-electron chi connectivity index (χ4n) is 3.50. The van der Waals surface area contributed by atoms with Crippen LogP contribution in [0, 0.1) is 0 Å². The zero-order valence-corrected chi connectivity index (χ0v) is 14.3. The number of benzene rings is 2. The van der Waals surface area contributed by atoms with E-state index in [4.69, 9.17) is 0 Å². The van der Waals surface area contributed by atoms with Crippen LogP contribution in [0.4, 0.5) is 4.79 Å². The van der Waals surface area contributed by atoms with Crippen molar-refractivity contribution in [2.45, 2.75) is 13.0 Å².